The first-order chi connectivity index (χ1) is 6.13. The van der Waals surface area contributed by atoms with Crippen LogP contribution in [0.15, 0.2) is 0 Å². The maximum absolute atomic E-state index is 9.19. The van der Waals surface area contributed by atoms with Crippen LogP contribution in [0.2, 0.25) is 0 Å². The van der Waals surface area contributed by atoms with Crippen LogP contribution in [0.25, 0.3) is 0 Å². The lowest BCUT2D eigenvalue weighted by molar-refractivity contribution is 0.178. The molecule has 0 aliphatic carbocycles. The third-order valence-corrected chi connectivity index (χ3v) is 2.52. The molecular formula is C7H13N3O2S. The lowest BCUT2D eigenvalue weighted by Gasteiger charge is -2.14. The highest BCUT2D eigenvalue weighted by atomic mass is 32.1. The van der Waals surface area contributed by atoms with Crippen molar-refractivity contribution in [2.45, 2.75) is 32.6 Å². The highest BCUT2D eigenvalue weighted by Crippen LogP contribution is 2.16. The van der Waals surface area contributed by atoms with Gasteiger partial charge >= 0.3 is 0 Å². The number of anilines is 1. The van der Waals surface area contributed by atoms with Crippen LogP contribution in [0, 0.1) is 0 Å². The Labute approximate surface area is 80.4 Å². The third kappa shape index (κ3) is 2.91. The van der Waals surface area contributed by atoms with E-state index in [9.17, 15) is 5.11 Å². The fourth-order valence-corrected chi connectivity index (χ4v) is 1.39. The summed E-state index contributed by atoms with van der Waals surface area (Å²) in [4.78, 5) is 0. The summed E-state index contributed by atoms with van der Waals surface area (Å²) in [6, 6.07) is -0.0699. The second-order valence-corrected chi connectivity index (χ2v) is 3.89. The van der Waals surface area contributed by atoms with Gasteiger partial charge in [0.25, 0.3) is 0 Å². The first-order valence-corrected chi connectivity index (χ1v) is 4.83. The second-order valence-electron chi connectivity index (χ2n) is 2.83. The molecule has 0 saturated heterocycles. The van der Waals surface area contributed by atoms with E-state index in [0.717, 1.165) is 0 Å². The molecule has 0 aliphatic heterocycles. The number of nitrogens with one attached hydrogen (secondary N) is 1. The minimum absolute atomic E-state index is 0.0699. The van der Waals surface area contributed by atoms with Crippen LogP contribution >= 0.6 is 11.3 Å². The van der Waals surface area contributed by atoms with Crippen molar-refractivity contribution in [1.82, 2.24) is 10.2 Å². The summed E-state index contributed by atoms with van der Waals surface area (Å²) in [5.41, 5.74) is 0. The number of aliphatic hydroxyl groups excluding tert-OH is 2. The van der Waals surface area contributed by atoms with E-state index in [-0.39, 0.29) is 12.6 Å². The molecule has 0 fully saturated rings. The highest BCUT2D eigenvalue weighted by molar-refractivity contribution is 7.15. The number of aliphatic hydroxyl groups is 2. The van der Waals surface area contributed by atoms with E-state index in [4.69, 9.17) is 5.11 Å². The molecule has 2 unspecified atom stereocenters. The standard InChI is InChI=1S/C7H13N3O2S/c1-4(5(2)12)8-7-10-9-6(3-11)13-7/h4-5,11-12H,3H2,1-2H3,(H,8,10). The van der Waals surface area contributed by atoms with Gasteiger partial charge in [-0.1, -0.05) is 11.3 Å². The Hall–Kier alpha value is -0.720. The molecule has 1 aromatic rings. The number of nitrogens with zero attached hydrogens (tertiary/aromatic N) is 2. The first kappa shape index (κ1) is 10.4. The Morgan fingerprint density at radius 1 is 1.46 bits per heavy atom. The minimum Gasteiger partial charge on any atom is -0.391 e. The number of hydrogen-bond donors (Lipinski definition) is 3. The Morgan fingerprint density at radius 2 is 2.15 bits per heavy atom. The molecule has 74 valence electrons. The van der Waals surface area contributed by atoms with Gasteiger partial charge in [-0.3, -0.25) is 0 Å². The van der Waals surface area contributed by atoms with Crippen molar-refractivity contribution in [2.24, 2.45) is 0 Å². The topological polar surface area (TPSA) is 78.3 Å². The van der Waals surface area contributed by atoms with Crippen LogP contribution < -0.4 is 5.32 Å². The van der Waals surface area contributed by atoms with Crippen molar-refractivity contribution in [2.75, 3.05) is 5.32 Å². The molecule has 0 saturated carbocycles. The van der Waals surface area contributed by atoms with Gasteiger partial charge in [0.05, 0.1) is 18.8 Å². The molecule has 0 bridgehead atoms. The summed E-state index contributed by atoms with van der Waals surface area (Å²) >= 11 is 1.28. The minimum atomic E-state index is -0.443. The molecule has 1 aromatic heterocycles. The van der Waals surface area contributed by atoms with E-state index in [1.54, 1.807) is 6.92 Å². The van der Waals surface area contributed by atoms with Crippen molar-refractivity contribution >= 4 is 16.5 Å². The van der Waals surface area contributed by atoms with E-state index in [1.165, 1.54) is 11.3 Å². The zero-order valence-corrected chi connectivity index (χ0v) is 8.38. The molecule has 1 rings (SSSR count). The fourth-order valence-electron chi connectivity index (χ4n) is 0.691. The SMILES string of the molecule is CC(O)C(C)Nc1nnc(CO)s1. The Bertz CT molecular complexity index is 264. The fraction of sp³-hybridized carbons (Fsp3) is 0.714. The zero-order valence-electron chi connectivity index (χ0n) is 7.56. The van der Waals surface area contributed by atoms with Crippen molar-refractivity contribution in [3.63, 3.8) is 0 Å². The van der Waals surface area contributed by atoms with Crippen LogP contribution in [0.5, 0.6) is 0 Å². The highest BCUT2D eigenvalue weighted by Gasteiger charge is 2.10. The Balaban J connectivity index is 2.53. The van der Waals surface area contributed by atoms with E-state index >= 15 is 0 Å². The van der Waals surface area contributed by atoms with Crippen molar-refractivity contribution in [3.8, 4) is 0 Å². The van der Waals surface area contributed by atoms with Gasteiger partial charge in [-0.25, -0.2) is 0 Å². The number of aromatic nitrogens is 2. The smallest absolute Gasteiger partial charge is 0.206 e. The largest absolute Gasteiger partial charge is 0.391 e. The molecular weight excluding hydrogens is 190 g/mol. The summed E-state index contributed by atoms with van der Waals surface area (Å²) in [7, 11) is 0. The molecule has 2 atom stereocenters. The van der Waals surface area contributed by atoms with Gasteiger partial charge in [0.1, 0.15) is 5.01 Å². The lowest BCUT2D eigenvalue weighted by Crippen LogP contribution is -2.27. The number of hydrogen-bond acceptors (Lipinski definition) is 6. The van der Waals surface area contributed by atoms with E-state index in [0.29, 0.717) is 10.1 Å². The predicted octanol–water partition coefficient (Wildman–Crippen LogP) is 0.212. The molecule has 0 spiro atoms. The number of rotatable bonds is 4. The monoisotopic (exact) mass is 203 g/mol. The van der Waals surface area contributed by atoms with Gasteiger partial charge < -0.3 is 15.5 Å². The van der Waals surface area contributed by atoms with Gasteiger partial charge in [0, 0.05) is 0 Å². The van der Waals surface area contributed by atoms with Gasteiger partial charge in [0.2, 0.25) is 5.13 Å². The quantitative estimate of drug-likeness (QED) is 0.652. The maximum atomic E-state index is 9.19. The van der Waals surface area contributed by atoms with Crippen molar-refractivity contribution in [1.29, 1.82) is 0 Å². The second kappa shape index (κ2) is 4.50. The van der Waals surface area contributed by atoms with Crippen LogP contribution in [0.4, 0.5) is 5.13 Å². The van der Waals surface area contributed by atoms with E-state index in [2.05, 4.69) is 15.5 Å². The summed E-state index contributed by atoms with van der Waals surface area (Å²) in [6.45, 7) is 3.46. The summed E-state index contributed by atoms with van der Waals surface area (Å²) in [5, 5.41) is 29.6. The van der Waals surface area contributed by atoms with Crippen LogP contribution in [-0.2, 0) is 6.61 Å². The molecule has 0 radical (unpaired) electrons. The molecule has 0 aromatic carbocycles. The van der Waals surface area contributed by atoms with Crippen LogP contribution in [-0.4, -0.2) is 32.6 Å². The molecule has 13 heavy (non-hydrogen) atoms. The molecule has 3 N–H and O–H groups in total. The van der Waals surface area contributed by atoms with E-state index in [1.807, 2.05) is 6.92 Å². The average Bonchev–Trinajstić information content (AvgIpc) is 2.52. The maximum Gasteiger partial charge on any atom is 0.206 e. The molecule has 0 aliphatic rings. The Morgan fingerprint density at radius 3 is 2.62 bits per heavy atom. The van der Waals surface area contributed by atoms with E-state index < -0.39 is 6.10 Å². The van der Waals surface area contributed by atoms with Gasteiger partial charge in [-0.15, -0.1) is 10.2 Å². The normalized spacial score (nSPS) is 15.4. The van der Waals surface area contributed by atoms with Gasteiger partial charge in [-0.05, 0) is 13.8 Å². The van der Waals surface area contributed by atoms with Crippen molar-refractivity contribution in [3.05, 3.63) is 5.01 Å². The summed E-state index contributed by atoms with van der Waals surface area (Å²) in [5.74, 6) is 0. The zero-order chi connectivity index (χ0) is 9.84. The molecule has 0 amide bonds. The first-order valence-electron chi connectivity index (χ1n) is 4.01. The molecule has 1 heterocycles. The predicted molar refractivity (Wildman–Crippen MR) is 50.6 cm³/mol. The summed E-state index contributed by atoms with van der Waals surface area (Å²) < 4.78 is 0. The van der Waals surface area contributed by atoms with Gasteiger partial charge in [0.15, 0.2) is 0 Å². The van der Waals surface area contributed by atoms with Gasteiger partial charge in [-0.2, -0.15) is 0 Å². The third-order valence-electron chi connectivity index (χ3n) is 1.68. The van der Waals surface area contributed by atoms with Crippen molar-refractivity contribution < 1.29 is 10.2 Å². The average molecular weight is 203 g/mol. The van der Waals surface area contributed by atoms with Crippen LogP contribution in [0.3, 0.4) is 0 Å². The van der Waals surface area contributed by atoms with Crippen LogP contribution in [0.1, 0.15) is 18.9 Å². The Kier molecular flexibility index (Phi) is 3.58. The molecule has 5 nitrogen and oxygen atoms in total. The summed E-state index contributed by atoms with van der Waals surface area (Å²) in [6.07, 6.45) is -0.443. The molecule has 6 heteroatoms. The lowest BCUT2D eigenvalue weighted by atomic mass is 10.2.